The molecular weight excluding hydrogens is 319 g/mol. The van der Waals surface area contributed by atoms with Gasteiger partial charge in [-0.15, -0.1) is 0 Å². The molecule has 0 radical (unpaired) electrons. The van der Waals surface area contributed by atoms with Gasteiger partial charge in [-0.3, -0.25) is 24.6 Å². The lowest BCUT2D eigenvalue weighted by atomic mass is 10.0. The monoisotopic (exact) mass is 330 g/mol. The molecule has 6 nitrogen and oxygen atoms in total. The van der Waals surface area contributed by atoms with Gasteiger partial charge in [-0.1, -0.05) is 29.8 Å². The predicted octanol–water partition coefficient (Wildman–Crippen LogP) is 2.59. The van der Waals surface area contributed by atoms with E-state index in [1.165, 1.54) is 0 Å². The second-order valence-corrected chi connectivity index (χ2v) is 6.16. The first-order chi connectivity index (χ1) is 9.75. The Bertz CT molecular complexity index is 585. The van der Waals surface area contributed by atoms with Gasteiger partial charge in [-0.25, -0.2) is 0 Å². The highest BCUT2D eigenvalue weighted by Crippen LogP contribution is 2.43. The number of hydrogen-bond donors (Lipinski definition) is 0. The number of imide groups is 1. The van der Waals surface area contributed by atoms with Gasteiger partial charge in [0.05, 0.1) is 4.92 Å². The van der Waals surface area contributed by atoms with Crippen LogP contribution in [0.5, 0.6) is 0 Å². The van der Waals surface area contributed by atoms with Crippen molar-refractivity contribution in [3.8, 4) is 0 Å². The summed E-state index contributed by atoms with van der Waals surface area (Å²) in [4.78, 5) is 34.9. The number of benzene rings is 1. The number of carbonyl (C=O) groups is 2. The van der Waals surface area contributed by atoms with E-state index in [1.54, 1.807) is 24.3 Å². The Morgan fingerprint density at radius 2 is 1.67 bits per heavy atom. The number of nitrogens with zero attached hydrogens (tertiary/aromatic N) is 2. The van der Waals surface area contributed by atoms with E-state index in [4.69, 9.17) is 23.2 Å². The fraction of sp³-hybridized carbons (Fsp3) is 0.385. The molecule has 1 aromatic rings. The molecule has 21 heavy (non-hydrogen) atoms. The highest BCUT2D eigenvalue weighted by molar-refractivity contribution is 6.47. The second-order valence-electron chi connectivity index (χ2n) is 4.82. The van der Waals surface area contributed by atoms with E-state index in [0.29, 0.717) is 5.56 Å². The van der Waals surface area contributed by atoms with Crippen molar-refractivity contribution in [2.45, 2.75) is 30.3 Å². The molecule has 1 saturated heterocycles. The molecule has 2 amide bonds. The molecule has 0 N–H and O–H groups in total. The average Bonchev–Trinajstić information content (AvgIpc) is 2.73. The maximum absolute atomic E-state index is 11.9. The van der Waals surface area contributed by atoms with Crippen LogP contribution >= 0.6 is 23.2 Å². The first-order valence-corrected chi connectivity index (χ1v) is 6.94. The summed E-state index contributed by atoms with van der Waals surface area (Å²) < 4.78 is -2.51. The number of rotatable bonds is 4. The maximum Gasteiger partial charge on any atom is 0.395 e. The number of halogens is 2. The van der Waals surface area contributed by atoms with Crippen LogP contribution in [0.1, 0.15) is 30.0 Å². The van der Waals surface area contributed by atoms with Crippen molar-refractivity contribution in [1.82, 2.24) is 4.90 Å². The van der Waals surface area contributed by atoms with E-state index in [-0.39, 0.29) is 12.8 Å². The zero-order chi connectivity index (χ0) is 15.8. The van der Waals surface area contributed by atoms with Gasteiger partial charge in [0.15, 0.2) is 6.04 Å². The topological polar surface area (TPSA) is 80.5 Å². The van der Waals surface area contributed by atoms with Crippen LogP contribution in [0.4, 0.5) is 0 Å². The minimum absolute atomic E-state index is 0.00274. The molecule has 112 valence electrons. The number of likely N-dealkylation sites (tertiary alicyclic amines) is 1. The Balaban J connectivity index is 2.54. The summed E-state index contributed by atoms with van der Waals surface area (Å²) in [5.74, 6) is -1.03. The van der Waals surface area contributed by atoms with Crippen LogP contribution in [0.2, 0.25) is 0 Å². The average molecular weight is 331 g/mol. The van der Waals surface area contributed by atoms with Gasteiger partial charge in [0, 0.05) is 12.8 Å². The minimum Gasteiger partial charge on any atom is -0.274 e. The maximum atomic E-state index is 11.9. The third-order valence-corrected chi connectivity index (χ3v) is 4.00. The third-order valence-electron chi connectivity index (χ3n) is 3.31. The van der Waals surface area contributed by atoms with Crippen molar-refractivity contribution < 1.29 is 14.5 Å². The van der Waals surface area contributed by atoms with Gasteiger partial charge in [-0.2, -0.15) is 0 Å². The second kappa shape index (κ2) is 5.61. The van der Waals surface area contributed by atoms with Gasteiger partial charge >= 0.3 is 4.46 Å². The number of carbonyl (C=O) groups excluding carboxylic acids is 2. The Kier molecular flexibility index (Phi) is 4.20. The third kappa shape index (κ3) is 2.87. The molecule has 1 aliphatic heterocycles. The van der Waals surface area contributed by atoms with Crippen molar-refractivity contribution in [2.24, 2.45) is 0 Å². The summed E-state index contributed by atoms with van der Waals surface area (Å²) in [5, 5.41) is 11.2. The van der Waals surface area contributed by atoms with Gasteiger partial charge in [0.1, 0.15) is 0 Å². The standard InChI is InChI=1S/C13H12Cl2N2O4/c1-8-2-4-9(5-3-8)12(13(14,15)17(20)21)16-10(18)6-7-11(16)19/h2-5,12H,6-7H2,1H3. The molecular formula is C13H12Cl2N2O4. The van der Waals surface area contributed by atoms with E-state index < -0.39 is 27.2 Å². The van der Waals surface area contributed by atoms with Crippen LogP contribution in [-0.4, -0.2) is 26.1 Å². The van der Waals surface area contributed by atoms with Crippen molar-refractivity contribution in [2.75, 3.05) is 0 Å². The Morgan fingerprint density at radius 3 is 2.10 bits per heavy atom. The largest absolute Gasteiger partial charge is 0.395 e. The molecule has 1 aromatic carbocycles. The molecule has 1 unspecified atom stereocenters. The fourth-order valence-corrected chi connectivity index (χ4v) is 2.68. The highest BCUT2D eigenvalue weighted by atomic mass is 35.5. The normalized spacial score (nSPS) is 17.2. The zero-order valence-electron chi connectivity index (χ0n) is 11.1. The molecule has 0 bridgehead atoms. The Hall–Kier alpha value is -1.66. The van der Waals surface area contributed by atoms with E-state index in [1.807, 2.05) is 6.92 Å². The first kappa shape index (κ1) is 15.7. The number of alkyl halides is 2. The summed E-state index contributed by atoms with van der Waals surface area (Å²) >= 11 is 11.7. The lowest BCUT2D eigenvalue weighted by Gasteiger charge is -2.30. The van der Waals surface area contributed by atoms with Gasteiger partial charge < -0.3 is 0 Å². The van der Waals surface area contributed by atoms with E-state index in [0.717, 1.165) is 10.5 Å². The molecule has 1 heterocycles. The van der Waals surface area contributed by atoms with Gasteiger partial charge in [0.2, 0.25) is 11.8 Å². The zero-order valence-corrected chi connectivity index (χ0v) is 12.6. The number of aryl methyl sites for hydroxylation is 1. The van der Waals surface area contributed by atoms with Crippen molar-refractivity contribution in [1.29, 1.82) is 0 Å². The van der Waals surface area contributed by atoms with Crippen LogP contribution in [0.15, 0.2) is 24.3 Å². The van der Waals surface area contributed by atoms with Crippen molar-refractivity contribution in [3.63, 3.8) is 0 Å². The summed E-state index contributed by atoms with van der Waals surface area (Å²) in [5.41, 5.74) is 1.26. The van der Waals surface area contributed by atoms with Gasteiger partial charge in [0.25, 0.3) is 0 Å². The van der Waals surface area contributed by atoms with Crippen LogP contribution in [0.3, 0.4) is 0 Å². The van der Waals surface area contributed by atoms with E-state index in [9.17, 15) is 19.7 Å². The van der Waals surface area contributed by atoms with Crippen LogP contribution in [0.25, 0.3) is 0 Å². The fourth-order valence-electron chi connectivity index (χ4n) is 2.24. The molecule has 0 aromatic heterocycles. The quantitative estimate of drug-likeness (QED) is 0.279. The number of nitro groups is 1. The van der Waals surface area contributed by atoms with Crippen LogP contribution in [-0.2, 0) is 9.59 Å². The minimum atomic E-state index is -2.51. The molecule has 0 aliphatic carbocycles. The summed E-state index contributed by atoms with van der Waals surface area (Å²) in [6.45, 7) is 1.84. The van der Waals surface area contributed by atoms with Crippen molar-refractivity contribution in [3.05, 3.63) is 45.5 Å². The smallest absolute Gasteiger partial charge is 0.274 e. The molecule has 0 saturated carbocycles. The van der Waals surface area contributed by atoms with Crippen LogP contribution < -0.4 is 0 Å². The van der Waals surface area contributed by atoms with Crippen molar-refractivity contribution >= 4 is 35.0 Å². The summed E-state index contributed by atoms with van der Waals surface area (Å²) in [6, 6.07) is 5.19. The molecule has 8 heteroatoms. The first-order valence-electron chi connectivity index (χ1n) is 6.19. The van der Waals surface area contributed by atoms with Gasteiger partial charge in [-0.05, 0) is 35.7 Å². The van der Waals surface area contributed by atoms with Crippen LogP contribution in [0, 0.1) is 17.0 Å². The van der Waals surface area contributed by atoms with E-state index >= 15 is 0 Å². The summed E-state index contributed by atoms with van der Waals surface area (Å²) in [6.07, 6.45) is 0.00549. The number of hydrogen-bond acceptors (Lipinski definition) is 4. The van der Waals surface area contributed by atoms with E-state index in [2.05, 4.69) is 0 Å². The SMILES string of the molecule is Cc1ccc(C(N2C(=O)CCC2=O)C(Cl)(Cl)[N+](=O)[O-])cc1. The Morgan fingerprint density at radius 1 is 1.19 bits per heavy atom. The molecule has 1 fully saturated rings. The Labute approximate surface area is 130 Å². The molecule has 1 aliphatic rings. The summed E-state index contributed by atoms with van der Waals surface area (Å²) in [7, 11) is 0. The highest BCUT2D eigenvalue weighted by Gasteiger charge is 2.55. The molecule has 2 rings (SSSR count). The lowest BCUT2D eigenvalue weighted by Crippen LogP contribution is -2.46. The number of amides is 2. The lowest BCUT2D eigenvalue weighted by molar-refractivity contribution is -0.523. The predicted molar refractivity (Wildman–Crippen MR) is 76.4 cm³/mol. The molecule has 0 spiro atoms. The molecule has 1 atom stereocenters.